The van der Waals surface area contributed by atoms with Crippen LogP contribution in [0.4, 0.5) is 4.79 Å². The Morgan fingerprint density at radius 3 is 2.70 bits per heavy atom. The number of carbonyl (C=O) groups is 2. The minimum absolute atomic E-state index is 0.157. The van der Waals surface area contributed by atoms with Gasteiger partial charge in [0.2, 0.25) is 0 Å². The molecule has 1 saturated heterocycles. The van der Waals surface area contributed by atoms with E-state index in [1.165, 1.54) is 4.90 Å². The average molecular weight is 364 g/mol. The van der Waals surface area contributed by atoms with Crippen molar-refractivity contribution in [3.8, 4) is 5.75 Å². The highest BCUT2D eigenvalue weighted by Crippen LogP contribution is 2.38. The number of aryl methyl sites for hydroxylation is 2. The van der Waals surface area contributed by atoms with Crippen molar-refractivity contribution in [3.63, 3.8) is 0 Å². The predicted molar refractivity (Wildman–Crippen MR) is 103 cm³/mol. The fourth-order valence-corrected chi connectivity index (χ4v) is 4.14. The van der Waals surface area contributed by atoms with Gasteiger partial charge in [0.25, 0.3) is 5.91 Å². The van der Waals surface area contributed by atoms with E-state index in [-0.39, 0.29) is 25.1 Å². The molecule has 0 saturated carbocycles. The number of imide groups is 1. The van der Waals surface area contributed by atoms with E-state index in [1.807, 2.05) is 49.4 Å². The van der Waals surface area contributed by atoms with E-state index in [9.17, 15) is 9.59 Å². The number of nitrogens with zero attached hydrogens (tertiary/aromatic N) is 1. The van der Waals surface area contributed by atoms with Crippen LogP contribution in [0.5, 0.6) is 5.75 Å². The average Bonchev–Trinajstić information content (AvgIpc) is 2.81. The molecular formula is C22H24N2O3. The monoisotopic (exact) mass is 364 g/mol. The summed E-state index contributed by atoms with van der Waals surface area (Å²) < 4.78 is 5.79. The van der Waals surface area contributed by atoms with Crippen molar-refractivity contribution in [1.29, 1.82) is 0 Å². The summed E-state index contributed by atoms with van der Waals surface area (Å²) in [4.78, 5) is 27.2. The molecule has 27 heavy (non-hydrogen) atoms. The first kappa shape index (κ1) is 17.6. The van der Waals surface area contributed by atoms with Gasteiger partial charge in [-0.3, -0.25) is 9.69 Å². The highest BCUT2D eigenvalue weighted by atomic mass is 16.5. The summed E-state index contributed by atoms with van der Waals surface area (Å²) in [5.41, 5.74) is 2.21. The molecule has 0 aromatic heterocycles. The molecule has 5 heteroatoms. The fraction of sp³-hybridized carbons (Fsp3) is 0.364. The van der Waals surface area contributed by atoms with Gasteiger partial charge >= 0.3 is 6.03 Å². The summed E-state index contributed by atoms with van der Waals surface area (Å²) in [6.07, 6.45) is 3.52. The van der Waals surface area contributed by atoms with Gasteiger partial charge in [-0.15, -0.1) is 0 Å². The third-order valence-corrected chi connectivity index (χ3v) is 5.57. The minimum Gasteiger partial charge on any atom is -0.491 e. The number of rotatable bonds is 4. The summed E-state index contributed by atoms with van der Waals surface area (Å²) in [5, 5.41) is 3.01. The Bertz CT molecular complexity index is 879. The number of para-hydroxylation sites is 1. The van der Waals surface area contributed by atoms with Crippen LogP contribution in [-0.4, -0.2) is 30.0 Å². The summed E-state index contributed by atoms with van der Waals surface area (Å²) in [6.45, 7) is 2.49. The number of hydrogen-bond acceptors (Lipinski definition) is 3. The molecule has 1 aliphatic heterocycles. The topological polar surface area (TPSA) is 58.6 Å². The molecule has 1 aliphatic carbocycles. The second kappa shape index (κ2) is 7.06. The highest BCUT2D eigenvalue weighted by molar-refractivity contribution is 6.07. The van der Waals surface area contributed by atoms with Gasteiger partial charge in [0.15, 0.2) is 0 Å². The first-order valence-corrected chi connectivity index (χ1v) is 9.53. The van der Waals surface area contributed by atoms with Crippen LogP contribution < -0.4 is 10.1 Å². The largest absolute Gasteiger partial charge is 0.491 e. The number of fused-ring (bicyclic) bond motifs is 2. The molecule has 1 fully saturated rings. The lowest BCUT2D eigenvalue weighted by molar-refractivity contribution is -0.132. The Morgan fingerprint density at radius 1 is 1.07 bits per heavy atom. The van der Waals surface area contributed by atoms with Crippen molar-refractivity contribution in [2.45, 2.75) is 38.1 Å². The van der Waals surface area contributed by atoms with E-state index in [1.54, 1.807) is 0 Å². The van der Waals surface area contributed by atoms with Gasteiger partial charge in [-0.1, -0.05) is 42.5 Å². The van der Waals surface area contributed by atoms with Crippen LogP contribution in [0.15, 0.2) is 48.5 Å². The summed E-state index contributed by atoms with van der Waals surface area (Å²) in [7, 11) is 0. The molecule has 0 bridgehead atoms. The van der Waals surface area contributed by atoms with Crippen molar-refractivity contribution in [1.82, 2.24) is 10.2 Å². The summed E-state index contributed by atoms with van der Waals surface area (Å²) >= 11 is 0. The number of urea groups is 1. The van der Waals surface area contributed by atoms with Gasteiger partial charge in [0.1, 0.15) is 17.9 Å². The van der Waals surface area contributed by atoms with Crippen LogP contribution in [0, 0.1) is 6.92 Å². The molecule has 3 amide bonds. The molecule has 0 radical (unpaired) electrons. The number of benzene rings is 2. The lowest BCUT2D eigenvalue weighted by atomic mass is 9.84. The van der Waals surface area contributed by atoms with E-state index in [0.29, 0.717) is 6.42 Å². The number of nitrogens with one attached hydrogen (secondary N) is 1. The quantitative estimate of drug-likeness (QED) is 0.844. The molecule has 2 aliphatic rings. The Balaban J connectivity index is 1.53. The molecule has 140 valence electrons. The van der Waals surface area contributed by atoms with Gasteiger partial charge in [0, 0.05) is 0 Å². The fourth-order valence-electron chi connectivity index (χ4n) is 4.14. The maximum Gasteiger partial charge on any atom is 0.325 e. The van der Waals surface area contributed by atoms with Gasteiger partial charge in [-0.2, -0.15) is 0 Å². The van der Waals surface area contributed by atoms with Gasteiger partial charge in [-0.05, 0) is 55.4 Å². The highest BCUT2D eigenvalue weighted by Gasteiger charge is 2.53. The van der Waals surface area contributed by atoms with E-state index in [0.717, 1.165) is 41.7 Å². The molecule has 5 nitrogen and oxygen atoms in total. The van der Waals surface area contributed by atoms with Crippen molar-refractivity contribution in [3.05, 3.63) is 65.2 Å². The number of hydrogen-bond donors (Lipinski definition) is 1. The maximum atomic E-state index is 13.3. The Morgan fingerprint density at radius 2 is 1.85 bits per heavy atom. The van der Waals surface area contributed by atoms with Crippen molar-refractivity contribution < 1.29 is 14.3 Å². The molecule has 1 spiro atoms. The Kier molecular flexibility index (Phi) is 4.60. The minimum atomic E-state index is -0.924. The number of ether oxygens (including phenoxy) is 1. The van der Waals surface area contributed by atoms with Crippen LogP contribution in [0.25, 0.3) is 0 Å². The summed E-state index contributed by atoms with van der Waals surface area (Å²) in [5.74, 6) is 0.620. The molecule has 1 unspecified atom stereocenters. The third kappa shape index (κ3) is 3.07. The predicted octanol–water partition coefficient (Wildman–Crippen LogP) is 3.55. The molecule has 2 aromatic carbocycles. The van der Waals surface area contributed by atoms with Crippen molar-refractivity contribution in [2.75, 3.05) is 13.2 Å². The molecule has 1 N–H and O–H groups in total. The number of amides is 3. The van der Waals surface area contributed by atoms with Gasteiger partial charge in [0.05, 0.1) is 6.54 Å². The first-order valence-electron chi connectivity index (χ1n) is 9.53. The number of carbonyl (C=O) groups excluding carboxylic acids is 2. The molecule has 2 aromatic rings. The van der Waals surface area contributed by atoms with E-state index in [4.69, 9.17) is 4.74 Å². The SMILES string of the molecule is Cc1ccccc1OCCN1C(=O)NC2(CCCCc3ccccc32)C1=O. The van der Waals surface area contributed by atoms with E-state index < -0.39 is 5.54 Å². The normalized spacial score (nSPS) is 21.7. The van der Waals surface area contributed by atoms with Crippen LogP contribution >= 0.6 is 0 Å². The van der Waals surface area contributed by atoms with Crippen LogP contribution in [0.3, 0.4) is 0 Å². The Labute approximate surface area is 159 Å². The smallest absolute Gasteiger partial charge is 0.325 e. The van der Waals surface area contributed by atoms with E-state index >= 15 is 0 Å². The van der Waals surface area contributed by atoms with Crippen molar-refractivity contribution in [2.24, 2.45) is 0 Å². The lowest BCUT2D eigenvalue weighted by Crippen LogP contribution is -2.44. The first-order chi connectivity index (χ1) is 13.1. The van der Waals surface area contributed by atoms with Crippen molar-refractivity contribution >= 4 is 11.9 Å². The van der Waals surface area contributed by atoms with E-state index in [2.05, 4.69) is 11.4 Å². The second-order valence-corrected chi connectivity index (χ2v) is 7.27. The van der Waals surface area contributed by atoms with Crippen LogP contribution in [0.1, 0.15) is 36.0 Å². The van der Waals surface area contributed by atoms with Gasteiger partial charge in [-0.25, -0.2) is 4.79 Å². The molecule has 1 heterocycles. The van der Waals surface area contributed by atoms with Crippen LogP contribution in [-0.2, 0) is 16.8 Å². The molecule has 4 rings (SSSR count). The van der Waals surface area contributed by atoms with Crippen LogP contribution in [0.2, 0.25) is 0 Å². The molecular weight excluding hydrogens is 340 g/mol. The zero-order chi connectivity index (χ0) is 18.9. The van der Waals surface area contributed by atoms with Gasteiger partial charge < -0.3 is 10.1 Å². The molecule has 1 atom stereocenters. The zero-order valence-corrected chi connectivity index (χ0v) is 15.5. The zero-order valence-electron chi connectivity index (χ0n) is 15.5. The maximum absolute atomic E-state index is 13.3. The standard InChI is InChI=1S/C22H24N2O3/c1-16-8-2-5-12-19(16)27-15-14-24-20(25)22(23-21(24)26)13-7-6-10-17-9-3-4-11-18(17)22/h2-5,8-9,11-12H,6-7,10,13-15H2,1H3,(H,23,26). The lowest BCUT2D eigenvalue weighted by Gasteiger charge is -2.27. The Hall–Kier alpha value is -2.82. The summed E-state index contributed by atoms with van der Waals surface area (Å²) in [6, 6.07) is 15.4. The third-order valence-electron chi connectivity index (χ3n) is 5.57. The second-order valence-electron chi connectivity index (χ2n) is 7.27.